The first-order valence-corrected chi connectivity index (χ1v) is 6.15. The van der Waals surface area contributed by atoms with Crippen LogP contribution in [0.3, 0.4) is 0 Å². The van der Waals surface area contributed by atoms with E-state index in [-0.39, 0.29) is 0 Å². The first kappa shape index (κ1) is 8.93. The number of benzene rings is 1. The SMILES string of the molecule is C1=C(c2ccccc2)c2ccsc2CC1. The van der Waals surface area contributed by atoms with E-state index in [4.69, 9.17) is 0 Å². The highest BCUT2D eigenvalue weighted by Gasteiger charge is 2.14. The third-order valence-corrected chi connectivity index (χ3v) is 3.82. The van der Waals surface area contributed by atoms with Gasteiger partial charge in [0.15, 0.2) is 0 Å². The highest BCUT2D eigenvalue weighted by atomic mass is 32.1. The van der Waals surface area contributed by atoms with E-state index >= 15 is 0 Å². The van der Waals surface area contributed by atoms with Crippen LogP contribution in [0, 0.1) is 0 Å². The second-order valence-electron chi connectivity index (χ2n) is 3.78. The molecule has 1 aliphatic carbocycles. The molecule has 2 aromatic rings. The fraction of sp³-hybridized carbons (Fsp3) is 0.143. The summed E-state index contributed by atoms with van der Waals surface area (Å²) in [6.07, 6.45) is 4.76. The van der Waals surface area contributed by atoms with Crippen LogP contribution < -0.4 is 0 Å². The normalized spacial score (nSPS) is 14.5. The van der Waals surface area contributed by atoms with Crippen molar-refractivity contribution >= 4 is 16.9 Å². The fourth-order valence-corrected chi connectivity index (χ4v) is 3.03. The largest absolute Gasteiger partial charge is 0.148 e. The van der Waals surface area contributed by atoms with Crippen molar-refractivity contribution in [3.63, 3.8) is 0 Å². The Balaban J connectivity index is 2.12. The highest BCUT2D eigenvalue weighted by molar-refractivity contribution is 7.10. The average Bonchev–Trinajstić information content (AvgIpc) is 2.78. The van der Waals surface area contributed by atoms with Gasteiger partial charge >= 0.3 is 0 Å². The van der Waals surface area contributed by atoms with Crippen LogP contribution >= 0.6 is 11.3 Å². The van der Waals surface area contributed by atoms with Gasteiger partial charge in [-0.05, 0) is 41.0 Å². The molecular weight excluding hydrogens is 200 g/mol. The molecule has 1 aromatic heterocycles. The molecule has 0 saturated heterocycles. The summed E-state index contributed by atoms with van der Waals surface area (Å²) < 4.78 is 0. The zero-order valence-electron chi connectivity index (χ0n) is 8.44. The van der Waals surface area contributed by atoms with Crippen LogP contribution in [-0.2, 0) is 6.42 Å². The lowest BCUT2D eigenvalue weighted by Crippen LogP contribution is -1.96. The maximum atomic E-state index is 2.37. The lowest BCUT2D eigenvalue weighted by atomic mass is 9.92. The Kier molecular flexibility index (Phi) is 2.18. The first-order valence-electron chi connectivity index (χ1n) is 5.27. The number of allylic oxidation sites excluding steroid dienone is 1. The Bertz CT molecular complexity index is 491. The second-order valence-corrected chi connectivity index (χ2v) is 4.78. The Morgan fingerprint density at radius 3 is 2.73 bits per heavy atom. The van der Waals surface area contributed by atoms with Gasteiger partial charge in [0, 0.05) is 4.88 Å². The Morgan fingerprint density at radius 1 is 1.00 bits per heavy atom. The molecule has 74 valence electrons. The molecular formula is C14H12S. The minimum Gasteiger partial charge on any atom is -0.148 e. The zero-order valence-corrected chi connectivity index (χ0v) is 9.26. The van der Waals surface area contributed by atoms with Crippen LogP contribution in [0.1, 0.15) is 22.4 Å². The van der Waals surface area contributed by atoms with Gasteiger partial charge in [-0.25, -0.2) is 0 Å². The molecule has 0 bridgehead atoms. The van der Waals surface area contributed by atoms with E-state index in [1.165, 1.54) is 34.4 Å². The summed E-state index contributed by atoms with van der Waals surface area (Å²) >= 11 is 1.88. The molecule has 15 heavy (non-hydrogen) atoms. The van der Waals surface area contributed by atoms with Gasteiger partial charge in [0.1, 0.15) is 0 Å². The maximum Gasteiger partial charge on any atom is 0.0127 e. The van der Waals surface area contributed by atoms with E-state index in [0.29, 0.717) is 0 Å². The summed E-state index contributed by atoms with van der Waals surface area (Å²) in [6, 6.07) is 12.9. The molecule has 1 aromatic carbocycles. The Labute approximate surface area is 93.9 Å². The van der Waals surface area contributed by atoms with E-state index in [1.54, 1.807) is 0 Å². The Morgan fingerprint density at radius 2 is 1.87 bits per heavy atom. The number of rotatable bonds is 1. The molecule has 3 rings (SSSR count). The van der Waals surface area contributed by atoms with Crippen LogP contribution in [0.15, 0.2) is 47.9 Å². The van der Waals surface area contributed by atoms with Gasteiger partial charge in [0.05, 0.1) is 0 Å². The van der Waals surface area contributed by atoms with Gasteiger partial charge in [-0.15, -0.1) is 11.3 Å². The van der Waals surface area contributed by atoms with Crippen molar-refractivity contribution in [2.45, 2.75) is 12.8 Å². The van der Waals surface area contributed by atoms with Crippen molar-refractivity contribution in [2.24, 2.45) is 0 Å². The summed E-state index contributed by atoms with van der Waals surface area (Å²) in [4.78, 5) is 1.54. The number of hydrogen-bond acceptors (Lipinski definition) is 1. The molecule has 0 amide bonds. The highest BCUT2D eigenvalue weighted by Crippen LogP contribution is 2.34. The van der Waals surface area contributed by atoms with E-state index < -0.39 is 0 Å². The molecule has 0 spiro atoms. The predicted molar refractivity (Wildman–Crippen MR) is 66.2 cm³/mol. The van der Waals surface area contributed by atoms with Gasteiger partial charge in [0.2, 0.25) is 0 Å². The molecule has 0 radical (unpaired) electrons. The molecule has 1 heteroatoms. The third kappa shape index (κ3) is 1.53. The van der Waals surface area contributed by atoms with Crippen molar-refractivity contribution < 1.29 is 0 Å². The molecule has 0 atom stereocenters. The molecule has 0 N–H and O–H groups in total. The first-order chi connectivity index (χ1) is 7.45. The van der Waals surface area contributed by atoms with Gasteiger partial charge in [-0.2, -0.15) is 0 Å². The summed E-state index contributed by atoms with van der Waals surface area (Å²) in [6.45, 7) is 0. The van der Waals surface area contributed by atoms with Crippen LogP contribution in [0.2, 0.25) is 0 Å². The van der Waals surface area contributed by atoms with Gasteiger partial charge in [0.25, 0.3) is 0 Å². The summed E-state index contributed by atoms with van der Waals surface area (Å²) in [5.74, 6) is 0. The van der Waals surface area contributed by atoms with E-state index in [1.807, 2.05) is 11.3 Å². The number of fused-ring (bicyclic) bond motifs is 1. The number of hydrogen-bond donors (Lipinski definition) is 0. The molecule has 0 saturated carbocycles. The molecule has 1 heterocycles. The van der Waals surface area contributed by atoms with Crippen LogP contribution in [-0.4, -0.2) is 0 Å². The number of aryl methyl sites for hydroxylation is 1. The Hall–Kier alpha value is -1.34. The van der Waals surface area contributed by atoms with Gasteiger partial charge in [-0.1, -0.05) is 36.4 Å². The lowest BCUT2D eigenvalue weighted by Gasteiger charge is -2.13. The van der Waals surface area contributed by atoms with Crippen LogP contribution in [0.25, 0.3) is 5.57 Å². The zero-order chi connectivity index (χ0) is 10.1. The van der Waals surface area contributed by atoms with Crippen molar-refractivity contribution in [3.8, 4) is 0 Å². The van der Waals surface area contributed by atoms with Crippen molar-refractivity contribution in [1.82, 2.24) is 0 Å². The molecule has 0 fully saturated rings. The molecule has 0 aliphatic heterocycles. The molecule has 0 unspecified atom stereocenters. The summed E-state index contributed by atoms with van der Waals surface area (Å²) in [5.41, 5.74) is 4.20. The average molecular weight is 212 g/mol. The van der Waals surface area contributed by atoms with Crippen molar-refractivity contribution in [3.05, 3.63) is 63.9 Å². The topological polar surface area (TPSA) is 0 Å². The van der Waals surface area contributed by atoms with Crippen molar-refractivity contribution in [2.75, 3.05) is 0 Å². The van der Waals surface area contributed by atoms with Crippen LogP contribution in [0.4, 0.5) is 0 Å². The van der Waals surface area contributed by atoms with Crippen molar-refractivity contribution in [1.29, 1.82) is 0 Å². The summed E-state index contributed by atoms with van der Waals surface area (Å²) in [5, 5.41) is 2.20. The minimum atomic E-state index is 1.18. The summed E-state index contributed by atoms with van der Waals surface area (Å²) in [7, 11) is 0. The fourth-order valence-electron chi connectivity index (χ4n) is 2.12. The number of thiophene rings is 1. The lowest BCUT2D eigenvalue weighted by molar-refractivity contribution is 1.01. The third-order valence-electron chi connectivity index (χ3n) is 2.84. The van der Waals surface area contributed by atoms with E-state index in [0.717, 1.165) is 0 Å². The maximum absolute atomic E-state index is 2.37. The van der Waals surface area contributed by atoms with Gasteiger partial charge in [-0.3, -0.25) is 0 Å². The second kappa shape index (κ2) is 3.67. The van der Waals surface area contributed by atoms with Crippen LogP contribution in [0.5, 0.6) is 0 Å². The minimum absolute atomic E-state index is 1.18. The molecule has 0 nitrogen and oxygen atoms in total. The van der Waals surface area contributed by atoms with Gasteiger partial charge < -0.3 is 0 Å². The smallest absolute Gasteiger partial charge is 0.0127 e. The van der Waals surface area contributed by atoms with E-state index in [2.05, 4.69) is 47.9 Å². The standard InChI is InChI=1S/C14H12S/c1-2-5-11(6-3-1)12-7-4-8-14-13(12)9-10-15-14/h1-3,5-7,9-10H,4,8H2. The van der Waals surface area contributed by atoms with E-state index in [9.17, 15) is 0 Å². The monoisotopic (exact) mass is 212 g/mol. The molecule has 1 aliphatic rings. The quantitative estimate of drug-likeness (QED) is 0.667. The predicted octanol–water partition coefficient (Wildman–Crippen LogP) is 4.13.